The number of amides is 2. The number of carbonyl (C=O) groups is 3. The molecule has 2 amide bonds. The summed E-state index contributed by atoms with van der Waals surface area (Å²) in [6.07, 6.45) is 3.24. The number of primary amides is 1. The lowest BCUT2D eigenvalue weighted by Crippen LogP contribution is -2.39. The lowest BCUT2D eigenvalue weighted by Gasteiger charge is -2.24. The molecule has 19 heavy (non-hydrogen) atoms. The number of hydrogen-bond donors (Lipinski definition) is 4. The molecule has 1 heterocycles. The second kappa shape index (κ2) is 9.15. The van der Waals surface area contributed by atoms with Crippen molar-refractivity contribution in [3.8, 4) is 0 Å². The van der Waals surface area contributed by atoms with E-state index in [0.29, 0.717) is 0 Å². The van der Waals surface area contributed by atoms with Crippen LogP contribution in [0.2, 0.25) is 0 Å². The molecule has 0 saturated carbocycles. The highest BCUT2D eigenvalue weighted by atomic mass is 16.4. The number of piperidine rings is 1. The molecule has 1 rings (SSSR count). The number of rotatable bonds is 4. The van der Waals surface area contributed by atoms with Gasteiger partial charge in [-0.2, -0.15) is 0 Å². The molecule has 8 nitrogen and oxygen atoms in total. The Balaban J connectivity index is 0.000000342. The van der Waals surface area contributed by atoms with Crippen LogP contribution in [0.4, 0.5) is 4.79 Å². The largest absolute Gasteiger partial charge is 0.481 e. The van der Waals surface area contributed by atoms with Gasteiger partial charge in [0.05, 0.1) is 0 Å². The Hall–Kier alpha value is -1.83. The van der Waals surface area contributed by atoms with Gasteiger partial charge in [-0.3, -0.25) is 9.59 Å². The molecule has 0 aromatic rings. The summed E-state index contributed by atoms with van der Waals surface area (Å²) < 4.78 is 0. The summed E-state index contributed by atoms with van der Waals surface area (Å²) in [4.78, 5) is 32.1. The molecule has 0 spiro atoms. The van der Waals surface area contributed by atoms with Gasteiger partial charge in [0.1, 0.15) is 6.04 Å². The first-order valence-electron chi connectivity index (χ1n) is 6.09. The van der Waals surface area contributed by atoms with Gasteiger partial charge in [-0.1, -0.05) is 0 Å². The number of carboxylic acid groups (broad SMARTS) is 2. The van der Waals surface area contributed by atoms with Crippen LogP contribution >= 0.6 is 0 Å². The van der Waals surface area contributed by atoms with Crippen LogP contribution in [0.3, 0.4) is 0 Å². The molecule has 0 unspecified atom stereocenters. The summed E-state index contributed by atoms with van der Waals surface area (Å²) in [7, 11) is 0. The number of carbonyl (C=O) groups excluding carboxylic acids is 1. The molecule has 1 fully saturated rings. The molecule has 110 valence electrons. The van der Waals surface area contributed by atoms with E-state index in [0.717, 1.165) is 25.9 Å². The van der Waals surface area contributed by atoms with Crippen molar-refractivity contribution in [1.29, 1.82) is 0 Å². The molecule has 1 aliphatic rings. The van der Waals surface area contributed by atoms with Crippen LogP contribution in [0, 0.1) is 0 Å². The van der Waals surface area contributed by atoms with Gasteiger partial charge < -0.3 is 26.6 Å². The fourth-order valence-electron chi connectivity index (χ4n) is 1.52. The summed E-state index contributed by atoms with van der Waals surface area (Å²) in [6.45, 7) is 1.71. The zero-order valence-corrected chi connectivity index (χ0v) is 10.7. The highest BCUT2D eigenvalue weighted by molar-refractivity contribution is 5.74. The van der Waals surface area contributed by atoms with E-state index in [4.69, 9.17) is 21.7 Å². The van der Waals surface area contributed by atoms with Crippen molar-refractivity contribution in [2.75, 3.05) is 13.1 Å². The van der Waals surface area contributed by atoms with Gasteiger partial charge >= 0.3 is 18.0 Å². The smallest absolute Gasteiger partial charge is 0.320 e. The first-order valence-corrected chi connectivity index (χ1v) is 6.09. The van der Waals surface area contributed by atoms with Crippen LogP contribution in [0.15, 0.2) is 0 Å². The molecule has 1 atom stereocenters. The van der Waals surface area contributed by atoms with E-state index in [1.807, 2.05) is 0 Å². The molecule has 0 bridgehead atoms. The maximum Gasteiger partial charge on any atom is 0.320 e. The maximum atomic E-state index is 10.5. The first-order chi connectivity index (χ1) is 8.84. The number of carboxylic acids is 2. The predicted molar refractivity (Wildman–Crippen MR) is 67.5 cm³/mol. The van der Waals surface area contributed by atoms with Gasteiger partial charge in [0.25, 0.3) is 0 Å². The van der Waals surface area contributed by atoms with Crippen molar-refractivity contribution in [3.63, 3.8) is 0 Å². The van der Waals surface area contributed by atoms with E-state index in [-0.39, 0.29) is 18.9 Å². The normalized spacial score (nSPS) is 15.9. The summed E-state index contributed by atoms with van der Waals surface area (Å²) in [5.41, 5.74) is 10.1. The van der Waals surface area contributed by atoms with Gasteiger partial charge in [-0.05, 0) is 25.7 Å². The third-order valence-electron chi connectivity index (χ3n) is 2.65. The molecule has 1 saturated heterocycles. The first kappa shape index (κ1) is 17.2. The van der Waals surface area contributed by atoms with Crippen LogP contribution in [-0.4, -0.2) is 52.2 Å². The van der Waals surface area contributed by atoms with Gasteiger partial charge in [0, 0.05) is 19.5 Å². The van der Waals surface area contributed by atoms with Crippen molar-refractivity contribution >= 4 is 18.0 Å². The average Bonchev–Trinajstić information content (AvgIpc) is 2.37. The van der Waals surface area contributed by atoms with E-state index >= 15 is 0 Å². The summed E-state index contributed by atoms with van der Waals surface area (Å²) in [6, 6.07) is -1.33. The minimum atomic E-state index is -1.17. The molecule has 8 heteroatoms. The highest BCUT2D eigenvalue weighted by Gasteiger charge is 2.12. The Kier molecular flexibility index (Phi) is 8.27. The third kappa shape index (κ3) is 8.83. The SMILES string of the molecule is NC(=O)N1CCCCC1.N[C@@H](CCC(=O)O)C(=O)O. The van der Waals surface area contributed by atoms with Gasteiger partial charge in [-0.15, -0.1) is 0 Å². The summed E-state index contributed by atoms with van der Waals surface area (Å²) >= 11 is 0. The number of likely N-dealkylation sites (tertiary alicyclic amines) is 1. The highest BCUT2D eigenvalue weighted by Crippen LogP contribution is 2.07. The minimum Gasteiger partial charge on any atom is -0.481 e. The molecule has 0 aromatic carbocycles. The van der Waals surface area contributed by atoms with Crippen molar-refractivity contribution in [2.45, 2.75) is 38.1 Å². The van der Waals surface area contributed by atoms with Crippen LogP contribution in [-0.2, 0) is 9.59 Å². The quantitative estimate of drug-likeness (QED) is 0.559. The number of hydrogen-bond acceptors (Lipinski definition) is 4. The number of urea groups is 1. The fourth-order valence-corrected chi connectivity index (χ4v) is 1.52. The molecular formula is C11H21N3O5. The molecule has 0 radical (unpaired) electrons. The third-order valence-corrected chi connectivity index (χ3v) is 2.65. The van der Waals surface area contributed by atoms with Crippen LogP contribution in [0.25, 0.3) is 0 Å². The van der Waals surface area contributed by atoms with Crippen molar-refractivity contribution in [2.24, 2.45) is 11.5 Å². The molecule has 0 aliphatic carbocycles. The topological polar surface area (TPSA) is 147 Å². The second-order valence-electron chi connectivity index (χ2n) is 4.26. The van der Waals surface area contributed by atoms with Crippen molar-refractivity contribution in [1.82, 2.24) is 4.90 Å². The molecular weight excluding hydrogens is 254 g/mol. The lowest BCUT2D eigenvalue weighted by atomic mass is 10.1. The molecule has 1 aliphatic heterocycles. The zero-order valence-electron chi connectivity index (χ0n) is 10.7. The summed E-state index contributed by atoms with van der Waals surface area (Å²) in [5.74, 6) is -2.20. The summed E-state index contributed by atoms with van der Waals surface area (Å²) in [5, 5.41) is 16.3. The Bertz CT molecular complexity index is 315. The minimum absolute atomic E-state index is 0.0231. The van der Waals surface area contributed by atoms with Crippen LogP contribution < -0.4 is 11.5 Å². The van der Waals surface area contributed by atoms with Crippen molar-refractivity contribution < 1.29 is 24.6 Å². The van der Waals surface area contributed by atoms with E-state index in [1.54, 1.807) is 4.90 Å². The second-order valence-corrected chi connectivity index (χ2v) is 4.26. The Labute approximate surface area is 111 Å². The van der Waals surface area contributed by atoms with Gasteiger partial charge in [0.2, 0.25) is 0 Å². The fraction of sp³-hybridized carbons (Fsp3) is 0.727. The van der Waals surface area contributed by atoms with Crippen LogP contribution in [0.5, 0.6) is 0 Å². The Morgan fingerprint density at radius 1 is 1.11 bits per heavy atom. The monoisotopic (exact) mass is 275 g/mol. The molecule has 0 aromatic heterocycles. The Morgan fingerprint density at radius 3 is 1.95 bits per heavy atom. The van der Waals surface area contributed by atoms with Crippen molar-refractivity contribution in [3.05, 3.63) is 0 Å². The lowest BCUT2D eigenvalue weighted by molar-refractivity contribution is -0.139. The van der Waals surface area contributed by atoms with E-state index in [2.05, 4.69) is 0 Å². The van der Waals surface area contributed by atoms with E-state index in [9.17, 15) is 14.4 Å². The number of aliphatic carboxylic acids is 2. The average molecular weight is 275 g/mol. The van der Waals surface area contributed by atoms with Gasteiger partial charge in [-0.25, -0.2) is 4.79 Å². The number of nitrogens with zero attached hydrogens (tertiary/aromatic N) is 1. The maximum absolute atomic E-state index is 10.5. The predicted octanol–water partition coefficient (Wildman–Crippen LogP) is -0.186. The van der Waals surface area contributed by atoms with Crippen LogP contribution in [0.1, 0.15) is 32.1 Å². The number of nitrogens with two attached hydrogens (primary N) is 2. The standard InChI is InChI=1S/C6H12N2O.C5H9NO4/c7-6(9)8-4-2-1-3-5-8;6-3(5(9)10)1-2-4(7)8/h1-5H2,(H2,7,9);3H,1-2,6H2,(H,7,8)(H,9,10)/t;3-/m.0/s1. The molecule has 6 N–H and O–H groups in total. The van der Waals surface area contributed by atoms with E-state index in [1.165, 1.54) is 6.42 Å². The zero-order chi connectivity index (χ0) is 14.8. The Morgan fingerprint density at radius 2 is 1.63 bits per heavy atom. The van der Waals surface area contributed by atoms with E-state index < -0.39 is 18.0 Å². The van der Waals surface area contributed by atoms with Gasteiger partial charge in [0.15, 0.2) is 0 Å².